The van der Waals surface area contributed by atoms with Crippen LogP contribution in [0.5, 0.6) is 11.5 Å². The lowest BCUT2D eigenvalue weighted by molar-refractivity contribution is -0.136. The fourth-order valence-corrected chi connectivity index (χ4v) is 7.53. The number of carboxylic acid groups (broad SMARTS) is 1. The molecule has 4 aliphatic heterocycles. The normalized spacial score (nSPS) is 21.4. The minimum Gasteiger partial charge on any atom is -0.531 e. The number of nitriles is 2. The highest BCUT2D eigenvalue weighted by Crippen LogP contribution is 2.44. The standard InChI is InChI=1S/C18H19BN4O3.C15H18BN3O2.C3H3NO2.BrH/c1-11-4-7-23(16(24)2-5-20)10-14(11)13-8-19(25)26-15-9-22-18-12(17(13)15)3-6-21-18;1-9-2-4-17-7-12(9)11-6-16(20)21-13-8-19-15-10(14(11)13)3-5-18-15;4-2-1-3(5)6;/h3,6,8-9,11,14,25H,2,4,7,10H2,1H3,(H,21,22);3,5-6,8-9,12,17,20H,2,4,7H2,1H3,(H,18,19);1H2,(H,5,6);1H/t11-,14+;9-,12+;;/m00../s1. The van der Waals surface area contributed by atoms with Gasteiger partial charge in [-0.3, -0.25) is 9.59 Å². The Bertz CT molecular complexity index is 2140. The lowest BCUT2D eigenvalue weighted by atomic mass is 9.72. The number of fused-ring (bicyclic) bond motifs is 6. The molecular weight excluding hydrogens is 758 g/mol. The molecule has 15 nitrogen and oxygen atoms in total. The summed E-state index contributed by atoms with van der Waals surface area (Å²) in [4.78, 5) is 38.3. The zero-order valence-electron chi connectivity index (χ0n) is 29.9. The molecule has 0 unspecified atom stereocenters. The van der Waals surface area contributed by atoms with Crippen molar-refractivity contribution in [3.63, 3.8) is 0 Å². The largest absolute Gasteiger partial charge is 0.552 e. The zero-order chi connectivity index (χ0) is 37.6. The second kappa shape index (κ2) is 17.8. The van der Waals surface area contributed by atoms with Gasteiger partial charge >= 0.3 is 20.2 Å². The monoisotopic (exact) mass is 798 g/mol. The van der Waals surface area contributed by atoms with E-state index < -0.39 is 26.6 Å². The van der Waals surface area contributed by atoms with Crippen molar-refractivity contribution in [2.24, 2.45) is 23.7 Å². The molecule has 8 heterocycles. The van der Waals surface area contributed by atoms with Gasteiger partial charge in [-0.1, -0.05) is 13.8 Å². The summed E-state index contributed by atoms with van der Waals surface area (Å²) >= 11 is 0. The molecule has 4 aromatic rings. The topological polar surface area (TPSA) is 233 Å². The summed E-state index contributed by atoms with van der Waals surface area (Å²) in [5.41, 5.74) is 5.77. The number of piperidine rings is 2. The van der Waals surface area contributed by atoms with Crippen molar-refractivity contribution < 1.29 is 34.1 Å². The van der Waals surface area contributed by atoms with Crippen LogP contribution in [0.3, 0.4) is 0 Å². The van der Waals surface area contributed by atoms with Gasteiger partial charge in [-0.15, -0.1) is 17.0 Å². The van der Waals surface area contributed by atoms with Crippen LogP contribution in [0.4, 0.5) is 0 Å². The number of rotatable bonds is 4. The number of carbonyl (C=O) groups excluding carboxylic acids is 1. The van der Waals surface area contributed by atoms with Gasteiger partial charge in [0.2, 0.25) is 5.91 Å². The van der Waals surface area contributed by atoms with Crippen LogP contribution in [0.25, 0.3) is 33.2 Å². The molecule has 4 aliphatic rings. The molecule has 1 amide bonds. The number of aromatic nitrogens is 4. The number of halogens is 1. The number of nitrogens with one attached hydrogen (secondary N) is 3. The number of amides is 1. The van der Waals surface area contributed by atoms with Crippen LogP contribution in [0.1, 0.15) is 50.7 Å². The number of carbonyl (C=O) groups is 2. The van der Waals surface area contributed by atoms with Crippen molar-refractivity contribution in [3.8, 4) is 23.6 Å². The predicted molar refractivity (Wildman–Crippen MR) is 208 cm³/mol. The molecule has 0 aromatic carbocycles. The minimum absolute atomic E-state index is 0. The second-order valence-corrected chi connectivity index (χ2v) is 13.6. The van der Waals surface area contributed by atoms with E-state index in [1.165, 1.54) is 11.6 Å². The summed E-state index contributed by atoms with van der Waals surface area (Å²) in [5.74, 6) is 4.96. The fourth-order valence-electron chi connectivity index (χ4n) is 7.53. The molecule has 8 rings (SSSR count). The summed E-state index contributed by atoms with van der Waals surface area (Å²) in [7, 11) is -1.92. The Hall–Kier alpha value is -5.13. The van der Waals surface area contributed by atoms with E-state index >= 15 is 0 Å². The molecule has 280 valence electrons. The Morgan fingerprint density at radius 3 is 1.93 bits per heavy atom. The summed E-state index contributed by atoms with van der Waals surface area (Å²) in [6.07, 6.45) is 8.54. The third-order valence-corrected chi connectivity index (χ3v) is 10.2. The Morgan fingerprint density at radius 1 is 0.889 bits per heavy atom. The van der Waals surface area contributed by atoms with Crippen molar-refractivity contribution >= 4 is 76.3 Å². The van der Waals surface area contributed by atoms with Crippen LogP contribution in [-0.2, 0) is 9.59 Å². The number of likely N-dealkylation sites (tertiary alicyclic amines) is 1. The van der Waals surface area contributed by atoms with Crippen molar-refractivity contribution in [3.05, 3.63) is 60.0 Å². The zero-order valence-corrected chi connectivity index (χ0v) is 31.6. The van der Waals surface area contributed by atoms with Gasteiger partial charge in [-0.25, -0.2) is 9.97 Å². The van der Waals surface area contributed by atoms with Gasteiger partial charge in [-0.05, 0) is 72.4 Å². The van der Waals surface area contributed by atoms with E-state index in [9.17, 15) is 19.6 Å². The highest BCUT2D eigenvalue weighted by atomic mass is 79.9. The maximum atomic E-state index is 12.2. The number of hydrogen-bond acceptors (Lipinski definition) is 11. The van der Waals surface area contributed by atoms with Crippen LogP contribution in [-0.4, -0.2) is 92.3 Å². The first-order valence-corrected chi connectivity index (χ1v) is 17.6. The molecule has 4 atom stereocenters. The van der Waals surface area contributed by atoms with Gasteiger partial charge in [0.15, 0.2) is 0 Å². The molecule has 18 heteroatoms. The number of carboxylic acids is 1. The maximum Gasteiger partial charge on any atom is 0.552 e. The smallest absolute Gasteiger partial charge is 0.531 e. The fraction of sp³-hybridized carbons (Fsp3) is 0.389. The molecule has 2 fully saturated rings. The Kier molecular flexibility index (Phi) is 13.2. The van der Waals surface area contributed by atoms with Gasteiger partial charge < -0.3 is 44.6 Å². The lowest BCUT2D eigenvalue weighted by Crippen LogP contribution is -2.44. The minimum atomic E-state index is -1.07. The van der Waals surface area contributed by atoms with Crippen molar-refractivity contribution in [2.45, 2.75) is 39.5 Å². The molecule has 6 N–H and O–H groups in total. The van der Waals surface area contributed by atoms with Crippen LogP contribution in [0.2, 0.25) is 0 Å². The van der Waals surface area contributed by atoms with Gasteiger partial charge in [0.05, 0.1) is 24.5 Å². The molecule has 54 heavy (non-hydrogen) atoms. The van der Waals surface area contributed by atoms with Crippen molar-refractivity contribution in [1.82, 2.24) is 30.2 Å². The first kappa shape index (κ1) is 40.1. The average Bonchev–Trinajstić information content (AvgIpc) is 3.82. The Balaban J connectivity index is 0.000000180. The molecule has 0 bridgehead atoms. The SMILES string of the molecule is Br.C[C@H]1CCN(C(=O)CC#N)C[C@H]1C1=CB(O)Oc2cnc3[nH]ccc3c21.C[C@H]1CCNC[C@H]1C1=CB(O)Oc2cnc3[nH]ccc3c21.N#CCC(=O)O. The number of aromatic amines is 2. The summed E-state index contributed by atoms with van der Waals surface area (Å²) in [6.45, 7) is 7.64. The first-order valence-electron chi connectivity index (χ1n) is 17.6. The molecular formula is C36H41B2BrN8O7. The summed E-state index contributed by atoms with van der Waals surface area (Å²) in [5, 5.41) is 49.8. The average molecular weight is 799 g/mol. The number of pyridine rings is 2. The lowest BCUT2D eigenvalue weighted by Gasteiger charge is -2.39. The number of hydrogen-bond donors (Lipinski definition) is 6. The Morgan fingerprint density at radius 2 is 1.43 bits per heavy atom. The molecule has 0 spiro atoms. The van der Waals surface area contributed by atoms with Gasteiger partial charge in [0.1, 0.15) is 35.6 Å². The van der Waals surface area contributed by atoms with Crippen LogP contribution >= 0.6 is 17.0 Å². The van der Waals surface area contributed by atoms with E-state index in [4.69, 9.17) is 24.9 Å². The van der Waals surface area contributed by atoms with Crippen LogP contribution in [0, 0.1) is 46.3 Å². The van der Waals surface area contributed by atoms with E-state index in [1.54, 1.807) is 23.3 Å². The van der Waals surface area contributed by atoms with E-state index in [-0.39, 0.29) is 35.2 Å². The molecule has 0 saturated carbocycles. The molecule has 0 aliphatic carbocycles. The van der Waals surface area contributed by atoms with Gasteiger partial charge in [0.25, 0.3) is 0 Å². The number of aliphatic carboxylic acids is 1. The Labute approximate surface area is 323 Å². The maximum absolute atomic E-state index is 12.2. The molecule has 0 radical (unpaired) electrons. The van der Waals surface area contributed by atoms with Crippen LogP contribution in [0.15, 0.2) is 48.9 Å². The first-order chi connectivity index (χ1) is 25.6. The molecule has 2 saturated heterocycles. The third kappa shape index (κ3) is 8.63. The van der Waals surface area contributed by atoms with Crippen molar-refractivity contribution in [2.75, 3.05) is 26.2 Å². The van der Waals surface area contributed by atoms with Crippen LogP contribution < -0.4 is 14.6 Å². The highest BCUT2D eigenvalue weighted by molar-refractivity contribution is 8.93. The quantitative estimate of drug-likeness (QED) is 0.161. The third-order valence-electron chi connectivity index (χ3n) is 10.2. The highest BCUT2D eigenvalue weighted by Gasteiger charge is 2.37. The van der Waals surface area contributed by atoms with E-state index in [0.29, 0.717) is 42.3 Å². The van der Waals surface area contributed by atoms with Gasteiger partial charge in [-0.2, -0.15) is 10.5 Å². The number of nitrogens with zero attached hydrogens (tertiary/aromatic N) is 5. The molecule has 4 aromatic heterocycles. The van der Waals surface area contributed by atoms with Crippen molar-refractivity contribution in [1.29, 1.82) is 10.5 Å². The summed E-state index contributed by atoms with van der Waals surface area (Å²) in [6, 6.07) is 7.37. The van der Waals surface area contributed by atoms with E-state index in [1.807, 2.05) is 36.6 Å². The van der Waals surface area contributed by atoms with Gasteiger partial charge in [0, 0.05) is 59.8 Å². The number of H-pyrrole nitrogens is 2. The van der Waals surface area contributed by atoms with E-state index in [0.717, 1.165) is 64.7 Å². The summed E-state index contributed by atoms with van der Waals surface area (Å²) < 4.78 is 11.1. The van der Waals surface area contributed by atoms with E-state index in [2.05, 4.69) is 39.1 Å². The predicted octanol–water partition coefficient (Wildman–Crippen LogP) is 3.92. The second-order valence-electron chi connectivity index (χ2n) is 13.6.